The van der Waals surface area contributed by atoms with Gasteiger partial charge in [-0.25, -0.2) is 13.2 Å². The molecule has 0 aliphatic rings. The van der Waals surface area contributed by atoms with Crippen LogP contribution >= 0.6 is 0 Å². The van der Waals surface area contributed by atoms with E-state index in [9.17, 15) is 18.3 Å². The molecule has 1 aromatic rings. The molecule has 98 valence electrons. The van der Waals surface area contributed by atoms with E-state index in [1.165, 1.54) is 13.8 Å². The van der Waals surface area contributed by atoms with Crippen LogP contribution < -0.4 is 0 Å². The highest BCUT2D eigenvalue weighted by Crippen LogP contribution is 2.24. The molecule has 1 aromatic carbocycles. The molecule has 0 radical (unpaired) electrons. The molecule has 0 saturated carbocycles. The third-order valence-corrected chi connectivity index (χ3v) is 2.47. The molecule has 0 heterocycles. The number of aliphatic hydroxyl groups excluding tert-OH is 1. The number of aliphatic hydroxyl groups is 1. The topological polar surface area (TPSA) is 53.2 Å². The second kappa shape index (κ2) is 5.85. The third kappa shape index (κ3) is 3.22. The predicted octanol–water partition coefficient (Wildman–Crippen LogP) is 2.45. The number of halogens is 3. The van der Waals surface area contributed by atoms with Gasteiger partial charge in [-0.05, 0) is 19.9 Å². The fraction of sp³-hybridized carbons (Fsp3) is 0.417. The average molecular weight is 259 g/mol. The zero-order chi connectivity index (χ0) is 13.9. The highest BCUT2D eigenvalue weighted by atomic mass is 19.2. The number of nitrogens with zero attached hydrogens (tertiary/aromatic N) is 1. The Bertz CT molecular complexity index is 471. The van der Waals surface area contributed by atoms with E-state index in [0.29, 0.717) is 12.1 Å². The summed E-state index contributed by atoms with van der Waals surface area (Å²) in [5, 5.41) is 18.1. The minimum atomic E-state index is -1.41. The molecule has 0 aliphatic heterocycles. The van der Waals surface area contributed by atoms with Gasteiger partial charge in [-0.2, -0.15) is 5.26 Å². The monoisotopic (exact) mass is 259 g/mol. The lowest BCUT2D eigenvalue weighted by molar-refractivity contribution is -0.0436. The maximum atomic E-state index is 13.4. The lowest BCUT2D eigenvalue weighted by atomic mass is 10.1. The molecule has 0 fully saturated rings. The van der Waals surface area contributed by atoms with Crippen molar-refractivity contribution in [3.63, 3.8) is 0 Å². The van der Waals surface area contributed by atoms with Gasteiger partial charge < -0.3 is 9.84 Å². The largest absolute Gasteiger partial charge is 0.391 e. The number of hydrogen-bond acceptors (Lipinski definition) is 3. The Morgan fingerprint density at radius 1 is 1.17 bits per heavy atom. The van der Waals surface area contributed by atoms with Crippen LogP contribution in [-0.4, -0.2) is 17.3 Å². The van der Waals surface area contributed by atoms with Crippen molar-refractivity contribution in [3.8, 4) is 6.07 Å². The van der Waals surface area contributed by atoms with Gasteiger partial charge in [0.05, 0.1) is 18.3 Å². The van der Waals surface area contributed by atoms with Crippen LogP contribution in [0.2, 0.25) is 0 Å². The average Bonchev–Trinajstić information content (AvgIpc) is 2.30. The summed E-state index contributed by atoms with van der Waals surface area (Å²) in [6, 6.07) is 2.56. The molecule has 6 heteroatoms. The summed E-state index contributed by atoms with van der Waals surface area (Å²) in [6.45, 7) is 2.91. The van der Waals surface area contributed by atoms with Crippen molar-refractivity contribution in [1.29, 1.82) is 5.26 Å². The Morgan fingerprint density at radius 3 is 2.22 bits per heavy atom. The maximum Gasteiger partial charge on any atom is 0.172 e. The molecule has 0 saturated heterocycles. The summed E-state index contributed by atoms with van der Waals surface area (Å²) in [7, 11) is 0. The fourth-order valence-corrected chi connectivity index (χ4v) is 1.24. The second-order valence-corrected chi connectivity index (χ2v) is 3.88. The van der Waals surface area contributed by atoms with Crippen LogP contribution in [0.4, 0.5) is 13.2 Å². The van der Waals surface area contributed by atoms with E-state index in [2.05, 4.69) is 0 Å². The highest BCUT2D eigenvalue weighted by molar-refractivity contribution is 5.26. The van der Waals surface area contributed by atoms with Crippen LogP contribution in [0, 0.1) is 28.8 Å². The van der Waals surface area contributed by atoms with E-state index < -0.39 is 41.3 Å². The molecule has 0 spiro atoms. The van der Waals surface area contributed by atoms with Crippen LogP contribution in [0.1, 0.15) is 25.5 Å². The minimum absolute atomic E-state index is 0.353. The van der Waals surface area contributed by atoms with E-state index in [1.54, 1.807) is 6.07 Å². The van der Waals surface area contributed by atoms with Crippen LogP contribution in [-0.2, 0) is 4.74 Å². The Kier molecular flexibility index (Phi) is 4.70. The Morgan fingerprint density at radius 2 is 1.72 bits per heavy atom. The van der Waals surface area contributed by atoms with Crippen molar-refractivity contribution in [3.05, 3.63) is 35.1 Å². The van der Waals surface area contributed by atoms with Gasteiger partial charge in [-0.3, -0.25) is 0 Å². The van der Waals surface area contributed by atoms with Gasteiger partial charge in [-0.1, -0.05) is 0 Å². The van der Waals surface area contributed by atoms with Crippen molar-refractivity contribution in [2.24, 2.45) is 0 Å². The Hall–Kier alpha value is -1.58. The zero-order valence-corrected chi connectivity index (χ0v) is 9.82. The summed E-state index contributed by atoms with van der Waals surface area (Å²) >= 11 is 0. The van der Waals surface area contributed by atoms with Gasteiger partial charge in [0.25, 0.3) is 0 Å². The molecule has 18 heavy (non-hydrogen) atoms. The van der Waals surface area contributed by atoms with Crippen LogP contribution in [0.25, 0.3) is 0 Å². The number of benzene rings is 1. The summed E-state index contributed by atoms with van der Waals surface area (Å²) in [5.41, 5.74) is -0.399. The van der Waals surface area contributed by atoms with E-state index in [0.717, 1.165) is 0 Å². The smallest absolute Gasteiger partial charge is 0.172 e. The molecule has 1 rings (SSSR count). The SMILES string of the molecule is CC(O)C(C)OC(C#N)c1cc(F)c(F)cc1F. The maximum absolute atomic E-state index is 13.4. The van der Waals surface area contributed by atoms with Crippen molar-refractivity contribution in [2.75, 3.05) is 0 Å². The summed E-state index contributed by atoms with van der Waals surface area (Å²) < 4.78 is 44.2. The summed E-state index contributed by atoms with van der Waals surface area (Å²) in [6.07, 6.45) is -3.04. The lowest BCUT2D eigenvalue weighted by Crippen LogP contribution is -2.25. The molecule has 3 atom stereocenters. The first-order valence-corrected chi connectivity index (χ1v) is 5.24. The molecule has 1 N–H and O–H groups in total. The summed E-state index contributed by atoms with van der Waals surface area (Å²) in [4.78, 5) is 0. The Balaban J connectivity index is 3.03. The Labute approximate surface area is 102 Å². The number of ether oxygens (including phenoxy) is 1. The van der Waals surface area contributed by atoms with Gasteiger partial charge in [0.1, 0.15) is 5.82 Å². The molecule has 0 aliphatic carbocycles. The van der Waals surface area contributed by atoms with Crippen molar-refractivity contribution in [1.82, 2.24) is 0 Å². The molecule has 0 amide bonds. The van der Waals surface area contributed by atoms with Crippen molar-refractivity contribution >= 4 is 0 Å². The third-order valence-electron chi connectivity index (χ3n) is 2.47. The number of rotatable bonds is 4. The highest BCUT2D eigenvalue weighted by Gasteiger charge is 2.23. The second-order valence-electron chi connectivity index (χ2n) is 3.88. The number of nitriles is 1. The summed E-state index contributed by atoms with van der Waals surface area (Å²) in [5.74, 6) is -3.67. The number of hydrogen-bond donors (Lipinski definition) is 1. The van der Waals surface area contributed by atoms with E-state index >= 15 is 0 Å². The van der Waals surface area contributed by atoms with Crippen LogP contribution in [0.15, 0.2) is 12.1 Å². The first kappa shape index (κ1) is 14.5. The predicted molar refractivity (Wildman–Crippen MR) is 56.9 cm³/mol. The van der Waals surface area contributed by atoms with E-state index in [1.807, 2.05) is 0 Å². The molecule has 0 aromatic heterocycles. The van der Waals surface area contributed by atoms with Crippen LogP contribution in [0.3, 0.4) is 0 Å². The van der Waals surface area contributed by atoms with Gasteiger partial charge in [0.2, 0.25) is 0 Å². The van der Waals surface area contributed by atoms with Crippen molar-refractivity contribution in [2.45, 2.75) is 32.2 Å². The standard InChI is InChI=1S/C12H12F3NO2/c1-6(17)7(2)18-12(5-16)8-3-10(14)11(15)4-9(8)13/h3-4,6-7,12,17H,1-2H3. The minimum Gasteiger partial charge on any atom is -0.391 e. The van der Waals surface area contributed by atoms with E-state index in [4.69, 9.17) is 10.00 Å². The fourth-order valence-electron chi connectivity index (χ4n) is 1.24. The van der Waals surface area contributed by atoms with Gasteiger partial charge in [0.15, 0.2) is 17.7 Å². The molecular formula is C12H12F3NO2. The van der Waals surface area contributed by atoms with Crippen LogP contribution in [0.5, 0.6) is 0 Å². The molecule has 3 nitrogen and oxygen atoms in total. The first-order chi connectivity index (χ1) is 8.36. The molecular weight excluding hydrogens is 247 g/mol. The molecule has 3 unspecified atom stereocenters. The lowest BCUT2D eigenvalue weighted by Gasteiger charge is -2.20. The van der Waals surface area contributed by atoms with Crippen molar-refractivity contribution < 1.29 is 23.0 Å². The zero-order valence-electron chi connectivity index (χ0n) is 9.82. The quantitative estimate of drug-likeness (QED) is 0.845. The van der Waals surface area contributed by atoms with E-state index in [-0.39, 0.29) is 0 Å². The van der Waals surface area contributed by atoms with Gasteiger partial charge >= 0.3 is 0 Å². The first-order valence-electron chi connectivity index (χ1n) is 5.24. The van der Waals surface area contributed by atoms with Gasteiger partial charge in [-0.15, -0.1) is 0 Å². The van der Waals surface area contributed by atoms with Gasteiger partial charge in [0, 0.05) is 11.6 Å². The molecule has 0 bridgehead atoms. The normalized spacial score (nSPS) is 15.8.